The van der Waals surface area contributed by atoms with E-state index in [1.165, 1.54) is 6.92 Å². The Bertz CT molecular complexity index is 822. The number of ketones is 1. The first kappa shape index (κ1) is 21.2. The number of para-hydroxylation sites is 1. The summed E-state index contributed by atoms with van der Waals surface area (Å²) in [4.78, 5) is 36.3. The summed E-state index contributed by atoms with van der Waals surface area (Å²) in [6, 6.07) is 15.3. The number of esters is 1. The van der Waals surface area contributed by atoms with Crippen molar-refractivity contribution in [3.05, 3.63) is 60.2 Å². The molecule has 148 valence electrons. The molecule has 2 aromatic carbocycles. The fraction of sp³-hybridized carbons (Fsp3) is 0.318. The van der Waals surface area contributed by atoms with Crippen molar-refractivity contribution in [1.82, 2.24) is 0 Å². The maximum Gasteiger partial charge on any atom is 0.344 e. The summed E-state index contributed by atoms with van der Waals surface area (Å²) in [5.41, 5.74) is 0.467. The number of nitrogens with one attached hydrogen (secondary N) is 1. The zero-order valence-corrected chi connectivity index (χ0v) is 16.5. The van der Waals surface area contributed by atoms with Gasteiger partial charge < -0.3 is 14.8 Å². The van der Waals surface area contributed by atoms with Crippen molar-refractivity contribution >= 4 is 23.3 Å². The van der Waals surface area contributed by atoms with E-state index in [1.807, 2.05) is 26.8 Å². The predicted octanol–water partition coefficient (Wildman–Crippen LogP) is 3.86. The quantitative estimate of drug-likeness (QED) is 0.580. The first-order chi connectivity index (χ1) is 13.2. The summed E-state index contributed by atoms with van der Waals surface area (Å²) in [6.07, 6.45) is -0.943. The average molecular weight is 383 g/mol. The number of carbonyl (C=O) groups excluding carboxylic acids is 3. The first-order valence-corrected chi connectivity index (χ1v) is 9.00. The van der Waals surface area contributed by atoms with Gasteiger partial charge >= 0.3 is 5.97 Å². The van der Waals surface area contributed by atoms with Gasteiger partial charge in [-0.2, -0.15) is 0 Å². The van der Waals surface area contributed by atoms with E-state index in [0.717, 1.165) is 0 Å². The third-order valence-electron chi connectivity index (χ3n) is 3.89. The number of hydrogen-bond donors (Lipinski definition) is 1. The second-order valence-electron chi connectivity index (χ2n) is 7.38. The molecule has 1 atom stereocenters. The van der Waals surface area contributed by atoms with Crippen LogP contribution in [0.1, 0.15) is 38.1 Å². The van der Waals surface area contributed by atoms with Gasteiger partial charge in [0.1, 0.15) is 5.75 Å². The Morgan fingerprint density at radius 3 is 2.14 bits per heavy atom. The number of ether oxygens (including phenoxy) is 2. The highest BCUT2D eigenvalue weighted by Gasteiger charge is 2.22. The molecule has 0 saturated carbocycles. The molecule has 0 spiro atoms. The molecule has 0 fully saturated rings. The van der Waals surface area contributed by atoms with E-state index in [1.54, 1.807) is 48.5 Å². The van der Waals surface area contributed by atoms with Gasteiger partial charge in [0, 0.05) is 16.7 Å². The van der Waals surface area contributed by atoms with Gasteiger partial charge in [-0.15, -0.1) is 0 Å². The standard InChI is InChI=1S/C22H25NO5/c1-15(28-19(24)14-27-18-8-6-5-7-9-18)20(25)16-10-12-17(13-11-16)23-21(26)22(2,3)4/h5-13,15H,14H2,1-4H3,(H,23,26)/t15-/m0/s1. The maximum atomic E-state index is 12.4. The number of rotatable bonds is 7. The number of anilines is 1. The molecule has 2 aromatic rings. The normalized spacial score (nSPS) is 12.0. The molecular weight excluding hydrogens is 358 g/mol. The molecular formula is C22H25NO5. The van der Waals surface area contributed by atoms with Crippen LogP contribution in [0.15, 0.2) is 54.6 Å². The molecule has 0 aliphatic rings. The molecule has 0 aliphatic heterocycles. The van der Waals surface area contributed by atoms with Gasteiger partial charge in [0.05, 0.1) is 0 Å². The number of benzene rings is 2. The van der Waals surface area contributed by atoms with E-state index in [9.17, 15) is 14.4 Å². The van der Waals surface area contributed by atoms with E-state index < -0.39 is 17.5 Å². The Morgan fingerprint density at radius 2 is 1.57 bits per heavy atom. The zero-order chi connectivity index (χ0) is 20.7. The number of hydrogen-bond acceptors (Lipinski definition) is 5. The fourth-order valence-electron chi connectivity index (χ4n) is 2.21. The minimum absolute atomic E-state index is 0.118. The van der Waals surface area contributed by atoms with Crippen LogP contribution in [0.2, 0.25) is 0 Å². The molecule has 1 N–H and O–H groups in total. The maximum absolute atomic E-state index is 12.4. The van der Waals surface area contributed by atoms with E-state index >= 15 is 0 Å². The Hall–Kier alpha value is -3.15. The summed E-state index contributed by atoms with van der Waals surface area (Å²) < 4.78 is 10.5. The molecule has 6 heteroatoms. The lowest BCUT2D eigenvalue weighted by Crippen LogP contribution is -2.28. The molecule has 0 saturated heterocycles. The monoisotopic (exact) mass is 383 g/mol. The van der Waals surface area contributed by atoms with Crippen LogP contribution < -0.4 is 10.1 Å². The van der Waals surface area contributed by atoms with Crippen LogP contribution in [0.5, 0.6) is 5.75 Å². The lowest BCUT2D eigenvalue weighted by atomic mass is 9.95. The van der Waals surface area contributed by atoms with Gasteiger partial charge in [-0.1, -0.05) is 39.0 Å². The van der Waals surface area contributed by atoms with Gasteiger partial charge in [0.15, 0.2) is 12.7 Å². The van der Waals surface area contributed by atoms with Gasteiger partial charge in [-0.3, -0.25) is 9.59 Å². The van der Waals surface area contributed by atoms with E-state index in [2.05, 4.69) is 5.32 Å². The topological polar surface area (TPSA) is 81.7 Å². The van der Waals surface area contributed by atoms with Crippen LogP contribution in [-0.2, 0) is 14.3 Å². The minimum Gasteiger partial charge on any atom is -0.482 e. The molecule has 2 rings (SSSR count). The summed E-state index contributed by atoms with van der Waals surface area (Å²) in [6.45, 7) is 6.69. The summed E-state index contributed by atoms with van der Waals surface area (Å²) in [7, 11) is 0. The second-order valence-corrected chi connectivity index (χ2v) is 7.38. The van der Waals surface area contributed by atoms with Crippen molar-refractivity contribution in [1.29, 1.82) is 0 Å². The van der Waals surface area contributed by atoms with E-state index in [0.29, 0.717) is 17.0 Å². The van der Waals surface area contributed by atoms with Crippen LogP contribution in [-0.4, -0.2) is 30.4 Å². The molecule has 6 nitrogen and oxygen atoms in total. The average Bonchev–Trinajstić information content (AvgIpc) is 2.66. The Labute approximate surface area is 164 Å². The van der Waals surface area contributed by atoms with Crippen molar-refractivity contribution in [2.75, 3.05) is 11.9 Å². The SMILES string of the molecule is C[C@H](OC(=O)COc1ccccc1)C(=O)c1ccc(NC(=O)C(C)(C)C)cc1. The highest BCUT2D eigenvalue weighted by Crippen LogP contribution is 2.18. The summed E-state index contributed by atoms with van der Waals surface area (Å²) >= 11 is 0. The third kappa shape index (κ3) is 6.23. The van der Waals surface area contributed by atoms with E-state index in [4.69, 9.17) is 9.47 Å². The van der Waals surface area contributed by atoms with Crippen LogP contribution >= 0.6 is 0 Å². The lowest BCUT2D eigenvalue weighted by molar-refractivity contribution is -0.148. The van der Waals surface area contributed by atoms with Crippen LogP contribution in [0.3, 0.4) is 0 Å². The molecule has 0 aliphatic carbocycles. The van der Waals surface area contributed by atoms with E-state index in [-0.39, 0.29) is 18.3 Å². The minimum atomic E-state index is -0.943. The van der Waals surface area contributed by atoms with Crippen LogP contribution in [0.25, 0.3) is 0 Å². The summed E-state index contributed by atoms with van der Waals surface area (Å²) in [5, 5.41) is 2.79. The van der Waals surface area contributed by atoms with Crippen molar-refractivity contribution < 1.29 is 23.9 Å². The second kappa shape index (κ2) is 9.17. The van der Waals surface area contributed by atoms with Crippen molar-refractivity contribution in [2.24, 2.45) is 5.41 Å². The number of carbonyl (C=O) groups is 3. The van der Waals surface area contributed by atoms with Crippen molar-refractivity contribution in [3.63, 3.8) is 0 Å². The molecule has 28 heavy (non-hydrogen) atoms. The van der Waals surface area contributed by atoms with Crippen molar-refractivity contribution in [2.45, 2.75) is 33.8 Å². The third-order valence-corrected chi connectivity index (χ3v) is 3.89. The van der Waals surface area contributed by atoms with Crippen molar-refractivity contribution in [3.8, 4) is 5.75 Å². The molecule has 0 bridgehead atoms. The van der Waals surface area contributed by atoms with Crippen LogP contribution in [0, 0.1) is 5.41 Å². The highest BCUT2D eigenvalue weighted by atomic mass is 16.6. The zero-order valence-electron chi connectivity index (χ0n) is 16.5. The van der Waals surface area contributed by atoms with Gasteiger partial charge in [-0.05, 0) is 43.3 Å². The predicted molar refractivity (Wildman–Crippen MR) is 106 cm³/mol. The highest BCUT2D eigenvalue weighted by molar-refractivity contribution is 6.01. The smallest absolute Gasteiger partial charge is 0.344 e. The molecule has 0 aromatic heterocycles. The molecule has 0 unspecified atom stereocenters. The van der Waals surface area contributed by atoms with Gasteiger partial charge in [-0.25, -0.2) is 4.79 Å². The number of amides is 1. The fourth-order valence-corrected chi connectivity index (χ4v) is 2.21. The first-order valence-electron chi connectivity index (χ1n) is 9.00. The summed E-state index contributed by atoms with van der Waals surface area (Å²) in [5.74, 6) is -0.529. The Kier molecular flexibility index (Phi) is 6.93. The largest absolute Gasteiger partial charge is 0.482 e. The van der Waals surface area contributed by atoms with Gasteiger partial charge in [0.25, 0.3) is 0 Å². The molecule has 0 heterocycles. The lowest BCUT2D eigenvalue weighted by Gasteiger charge is -2.18. The van der Waals surface area contributed by atoms with Crippen LogP contribution in [0.4, 0.5) is 5.69 Å². The Morgan fingerprint density at radius 1 is 0.964 bits per heavy atom. The van der Waals surface area contributed by atoms with Gasteiger partial charge in [0.2, 0.25) is 11.7 Å². The Balaban J connectivity index is 1.88. The number of Topliss-reactive ketones (excluding diaryl/α,β-unsaturated/α-hetero) is 1. The molecule has 1 amide bonds. The molecule has 0 radical (unpaired) electrons.